The monoisotopic (exact) mass is 716 g/mol. The van der Waals surface area contributed by atoms with Crippen molar-refractivity contribution >= 4 is 27.5 Å². The Morgan fingerprint density at radius 3 is 2.73 bits per heavy atom. The number of methoxy groups -OCH3 is 1. The Hall–Kier alpha value is -3.41. The lowest BCUT2D eigenvalue weighted by Crippen LogP contribution is -2.61. The molecular weight excluding hydrogens is 665 g/mol. The molecule has 2 aromatic carbocycles. The Bertz CT molecular complexity index is 1840. The molecule has 2 saturated heterocycles. The molecule has 3 fully saturated rings. The fraction of sp³-hybridized carbons (Fsp3) is 0.600. The second-order valence-electron chi connectivity index (χ2n) is 16.4. The topological polar surface area (TPSA) is 110 Å². The van der Waals surface area contributed by atoms with Gasteiger partial charge in [0.25, 0.3) is 5.91 Å². The highest BCUT2D eigenvalue weighted by atomic mass is 32.2. The van der Waals surface area contributed by atoms with E-state index in [0.29, 0.717) is 56.7 Å². The number of hydrogen-bond acceptors (Lipinski definition) is 7. The molecule has 11 heteroatoms. The molecule has 2 aromatic rings. The van der Waals surface area contributed by atoms with Crippen LogP contribution in [-0.2, 0) is 31.2 Å². The first-order valence-electron chi connectivity index (χ1n) is 18.8. The number of nitrogens with zero attached hydrogens (tertiary/aromatic N) is 3. The van der Waals surface area contributed by atoms with Gasteiger partial charge in [0, 0.05) is 56.3 Å². The van der Waals surface area contributed by atoms with Gasteiger partial charge in [-0.15, -0.1) is 4.36 Å². The number of nitrogens with one attached hydrogen (secondary N) is 1. The number of anilines is 1. The quantitative estimate of drug-likeness (QED) is 0.377. The number of likely N-dealkylation sites (tertiary alicyclic amines) is 1. The molecule has 8 rings (SSSR count). The number of aryl methyl sites for hydroxylation is 2. The van der Waals surface area contributed by atoms with E-state index in [4.69, 9.17) is 14.2 Å². The van der Waals surface area contributed by atoms with Crippen LogP contribution in [0, 0.1) is 30.1 Å². The van der Waals surface area contributed by atoms with Gasteiger partial charge in [0.1, 0.15) is 15.7 Å². The molecule has 1 N–H and O–H groups in total. The predicted molar refractivity (Wildman–Crippen MR) is 198 cm³/mol. The maximum absolute atomic E-state index is 14.6. The Morgan fingerprint density at radius 1 is 1.10 bits per heavy atom. The molecule has 6 aliphatic rings. The van der Waals surface area contributed by atoms with Crippen LogP contribution in [0.3, 0.4) is 0 Å². The van der Waals surface area contributed by atoms with Crippen molar-refractivity contribution in [1.29, 1.82) is 0 Å². The minimum absolute atomic E-state index is 0.0153. The molecule has 0 aromatic heterocycles. The molecule has 1 saturated carbocycles. The van der Waals surface area contributed by atoms with Gasteiger partial charge >= 0.3 is 6.03 Å². The van der Waals surface area contributed by atoms with Crippen molar-refractivity contribution in [3.8, 4) is 5.75 Å². The van der Waals surface area contributed by atoms with Crippen LogP contribution in [0.2, 0.25) is 0 Å². The van der Waals surface area contributed by atoms with E-state index in [0.717, 1.165) is 63.1 Å². The van der Waals surface area contributed by atoms with E-state index in [-0.39, 0.29) is 28.6 Å². The first-order chi connectivity index (χ1) is 24.6. The lowest BCUT2D eigenvalue weighted by Gasteiger charge is -2.46. The minimum atomic E-state index is -3.46. The number of rotatable bonds is 2. The van der Waals surface area contributed by atoms with Crippen LogP contribution in [0.1, 0.15) is 72.5 Å². The summed E-state index contributed by atoms with van der Waals surface area (Å²) >= 11 is 0. The highest BCUT2D eigenvalue weighted by Gasteiger charge is 2.48. The van der Waals surface area contributed by atoms with Crippen molar-refractivity contribution in [2.45, 2.75) is 70.3 Å². The first-order valence-corrected chi connectivity index (χ1v) is 20.5. The zero-order valence-corrected chi connectivity index (χ0v) is 31.1. The number of carbonyl (C=O) groups is 2. The Labute approximate surface area is 302 Å². The van der Waals surface area contributed by atoms with E-state index in [9.17, 15) is 13.8 Å². The van der Waals surface area contributed by atoms with Gasteiger partial charge < -0.3 is 24.0 Å². The van der Waals surface area contributed by atoms with Crippen molar-refractivity contribution in [2.24, 2.45) is 27.5 Å². The third-order valence-electron chi connectivity index (χ3n) is 12.5. The van der Waals surface area contributed by atoms with Crippen molar-refractivity contribution in [3.05, 3.63) is 70.8 Å². The van der Waals surface area contributed by atoms with Gasteiger partial charge in [-0.1, -0.05) is 42.8 Å². The number of urea groups is 1. The molecule has 3 amide bonds. The number of hydrogen-bond donors (Lipinski definition) is 1. The van der Waals surface area contributed by atoms with Gasteiger partial charge in [-0.25, -0.2) is 9.00 Å². The van der Waals surface area contributed by atoms with Crippen LogP contribution >= 0.6 is 0 Å². The predicted octanol–water partition coefficient (Wildman–Crippen LogP) is 6.06. The van der Waals surface area contributed by atoms with Gasteiger partial charge in [-0.05, 0) is 98.9 Å². The molecule has 274 valence electrons. The SMILES string of the molecule is CO[C@H]1/C=C/C[C@H](C)CS(=O)(NC(=O)N2CC3(CCOC3)C2)=NC(=O)c2ccc3c(c2)N(C[C@@H]2CC[C@H]21)C[C@@]1(CCCc2cc(C)ccc21)CO3. The molecule has 6 atom stereocenters. The van der Waals surface area contributed by atoms with Gasteiger partial charge in [0.15, 0.2) is 0 Å². The number of allylic oxidation sites excluding steroid dienone is 1. The molecule has 2 spiro atoms. The third-order valence-corrected chi connectivity index (χ3v) is 14.5. The highest BCUT2D eigenvalue weighted by Crippen LogP contribution is 2.47. The summed E-state index contributed by atoms with van der Waals surface area (Å²) < 4.78 is 40.0. The average Bonchev–Trinajstić information content (AvgIpc) is 3.52. The van der Waals surface area contributed by atoms with Crippen LogP contribution in [0.5, 0.6) is 5.75 Å². The normalized spacial score (nSPS) is 33.5. The van der Waals surface area contributed by atoms with Gasteiger partial charge in [0.2, 0.25) is 0 Å². The Morgan fingerprint density at radius 2 is 1.96 bits per heavy atom. The largest absolute Gasteiger partial charge is 0.490 e. The summed E-state index contributed by atoms with van der Waals surface area (Å²) in [6.07, 6.45) is 11.2. The molecule has 0 radical (unpaired) electrons. The van der Waals surface area contributed by atoms with Crippen LogP contribution in [0.25, 0.3) is 0 Å². The molecule has 2 bridgehead atoms. The van der Waals surface area contributed by atoms with Crippen LogP contribution in [0.4, 0.5) is 10.5 Å². The van der Waals surface area contributed by atoms with Crippen LogP contribution in [0.15, 0.2) is 52.9 Å². The second kappa shape index (κ2) is 13.5. The average molecular weight is 717 g/mol. The van der Waals surface area contributed by atoms with E-state index >= 15 is 0 Å². The Kier molecular flexibility index (Phi) is 9.20. The zero-order valence-electron chi connectivity index (χ0n) is 30.2. The minimum Gasteiger partial charge on any atom is -0.490 e. The fourth-order valence-electron chi connectivity index (χ4n) is 9.53. The third kappa shape index (κ3) is 6.70. The molecule has 2 aliphatic carbocycles. The first kappa shape index (κ1) is 34.7. The second-order valence-corrected chi connectivity index (χ2v) is 18.4. The fourth-order valence-corrected chi connectivity index (χ4v) is 11.4. The standard InChI is InChI=1S/C40H52N4O6S/c1-27-9-13-33-29(18-27)7-5-15-40(33)24-43-20-31-10-12-32(31)35(48-3)8-4-6-28(2)21-51(47,42-38(46)44-22-39(23-44)16-17-49-25-39)41-37(45)30-11-14-36(50-26-40)34(43)19-30/h4,8-9,11,13-14,18-19,28,31-32,35H,5-7,10,12,15-17,20-26H2,1-3H3,(H,41,42,45,46,47)/b8-4+/t28-,31-,32+,35-,40-,51?/m0/s1. The van der Waals surface area contributed by atoms with Crippen LogP contribution in [-0.4, -0.2) is 86.0 Å². The summed E-state index contributed by atoms with van der Waals surface area (Å²) in [5, 5.41) is 0. The number of carbonyl (C=O) groups excluding carboxylic acids is 2. The number of amides is 3. The lowest BCUT2D eigenvalue weighted by molar-refractivity contribution is 0.0131. The molecule has 4 aliphatic heterocycles. The number of ether oxygens (including phenoxy) is 3. The molecular formula is C40H52N4O6S. The molecule has 4 heterocycles. The smallest absolute Gasteiger partial charge is 0.329 e. The van der Waals surface area contributed by atoms with Gasteiger partial charge in [-0.3, -0.25) is 9.52 Å². The summed E-state index contributed by atoms with van der Waals surface area (Å²) in [6.45, 7) is 8.72. The van der Waals surface area contributed by atoms with E-state index in [2.05, 4.69) is 51.3 Å². The summed E-state index contributed by atoms with van der Waals surface area (Å²) in [4.78, 5) is 31.6. The van der Waals surface area contributed by atoms with E-state index in [1.807, 2.05) is 19.1 Å². The summed E-state index contributed by atoms with van der Waals surface area (Å²) in [5.74, 6) is 0.889. The zero-order chi connectivity index (χ0) is 35.4. The van der Waals surface area contributed by atoms with Crippen molar-refractivity contribution in [3.63, 3.8) is 0 Å². The number of benzene rings is 2. The van der Waals surface area contributed by atoms with E-state index < -0.39 is 21.9 Å². The van der Waals surface area contributed by atoms with Crippen LogP contribution < -0.4 is 14.4 Å². The molecule has 51 heavy (non-hydrogen) atoms. The number of fused-ring (bicyclic) bond motifs is 4. The maximum Gasteiger partial charge on any atom is 0.329 e. The van der Waals surface area contributed by atoms with Gasteiger partial charge in [0.05, 0.1) is 30.8 Å². The van der Waals surface area contributed by atoms with Crippen molar-refractivity contribution < 1.29 is 28.0 Å². The van der Waals surface area contributed by atoms with Crippen molar-refractivity contribution in [2.75, 3.05) is 63.8 Å². The molecule has 10 nitrogen and oxygen atoms in total. The maximum atomic E-state index is 14.6. The lowest BCUT2D eigenvalue weighted by atomic mass is 9.68. The summed E-state index contributed by atoms with van der Waals surface area (Å²) in [5.41, 5.74) is 5.04. The summed E-state index contributed by atoms with van der Waals surface area (Å²) in [7, 11) is -1.67. The Balaban J connectivity index is 1.16. The molecule has 1 unspecified atom stereocenters. The van der Waals surface area contributed by atoms with Gasteiger partial charge in [-0.2, -0.15) is 0 Å². The summed E-state index contributed by atoms with van der Waals surface area (Å²) in [6, 6.07) is 11.9. The van der Waals surface area contributed by atoms with E-state index in [1.54, 1.807) is 18.1 Å². The highest BCUT2D eigenvalue weighted by molar-refractivity contribution is 7.92. The van der Waals surface area contributed by atoms with E-state index in [1.165, 1.54) is 16.7 Å². The van der Waals surface area contributed by atoms with Crippen molar-refractivity contribution in [1.82, 2.24) is 9.62 Å².